The van der Waals surface area contributed by atoms with Gasteiger partial charge in [0.25, 0.3) is 0 Å². The van der Waals surface area contributed by atoms with E-state index in [1.807, 2.05) is 17.5 Å². The van der Waals surface area contributed by atoms with Crippen molar-refractivity contribution in [2.45, 2.75) is 18.9 Å². The number of ether oxygens (including phenoxy) is 1. The number of carbonyl (C=O) groups excluding carboxylic acids is 1. The SMILES string of the molecule is CC(O)(CNC(=O)CCOc1ccc(F)cc1)c1cccs1. The van der Waals surface area contributed by atoms with Gasteiger partial charge < -0.3 is 15.2 Å². The van der Waals surface area contributed by atoms with Crippen molar-refractivity contribution in [1.82, 2.24) is 5.32 Å². The molecule has 118 valence electrons. The molecular weight excluding hydrogens is 305 g/mol. The molecule has 0 aliphatic carbocycles. The van der Waals surface area contributed by atoms with Gasteiger partial charge in [0.1, 0.15) is 17.2 Å². The molecule has 1 heterocycles. The second-order valence-electron chi connectivity index (χ2n) is 5.08. The quantitative estimate of drug-likeness (QED) is 0.823. The van der Waals surface area contributed by atoms with Crippen molar-refractivity contribution < 1.29 is 19.0 Å². The zero-order valence-electron chi connectivity index (χ0n) is 12.2. The van der Waals surface area contributed by atoms with Crippen LogP contribution in [0.1, 0.15) is 18.2 Å². The van der Waals surface area contributed by atoms with Gasteiger partial charge in [-0.1, -0.05) is 6.07 Å². The van der Waals surface area contributed by atoms with E-state index in [1.54, 1.807) is 6.92 Å². The van der Waals surface area contributed by atoms with Crippen LogP contribution >= 0.6 is 11.3 Å². The van der Waals surface area contributed by atoms with Gasteiger partial charge in [-0.05, 0) is 42.6 Å². The molecule has 0 aliphatic rings. The van der Waals surface area contributed by atoms with Crippen molar-refractivity contribution in [1.29, 1.82) is 0 Å². The summed E-state index contributed by atoms with van der Waals surface area (Å²) in [7, 11) is 0. The Morgan fingerprint density at radius 1 is 1.36 bits per heavy atom. The van der Waals surface area contributed by atoms with E-state index in [0.29, 0.717) is 5.75 Å². The molecule has 1 aromatic heterocycles. The fourth-order valence-electron chi connectivity index (χ4n) is 1.82. The van der Waals surface area contributed by atoms with E-state index in [9.17, 15) is 14.3 Å². The monoisotopic (exact) mass is 323 g/mol. The number of thiophene rings is 1. The minimum Gasteiger partial charge on any atom is -0.493 e. The van der Waals surface area contributed by atoms with Gasteiger partial charge in [0, 0.05) is 4.88 Å². The smallest absolute Gasteiger partial charge is 0.223 e. The Bertz CT molecular complexity index is 596. The molecule has 4 nitrogen and oxygen atoms in total. The summed E-state index contributed by atoms with van der Waals surface area (Å²) >= 11 is 1.44. The summed E-state index contributed by atoms with van der Waals surface area (Å²) in [5, 5.41) is 14.8. The van der Waals surface area contributed by atoms with Crippen LogP contribution in [0, 0.1) is 5.82 Å². The maximum Gasteiger partial charge on any atom is 0.223 e. The first-order chi connectivity index (χ1) is 10.5. The van der Waals surface area contributed by atoms with Crippen molar-refractivity contribution >= 4 is 17.2 Å². The lowest BCUT2D eigenvalue weighted by Crippen LogP contribution is -2.38. The molecule has 1 atom stereocenters. The van der Waals surface area contributed by atoms with Crippen LogP contribution in [0.3, 0.4) is 0 Å². The van der Waals surface area contributed by atoms with Gasteiger partial charge in [-0.15, -0.1) is 11.3 Å². The van der Waals surface area contributed by atoms with E-state index < -0.39 is 5.60 Å². The minimum absolute atomic E-state index is 0.142. The van der Waals surface area contributed by atoms with E-state index >= 15 is 0 Å². The molecular formula is C16H18FNO3S. The van der Waals surface area contributed by atoms with Crippen LogP contribution in [0.2, 0.25) is 0 Å². The zero-order chi connectivity index (χ0) is 16.0. The highest BCUT2D eigenvalue weighted by Gasteiger charge is 2.24. The molecule has 0 fully saturated rings. The van der Waals surface area contributed by atoms with Crippen LogP contribution in [0.4, 0.5) is 4.39 Å². The second kappa shape index (κ2) is 7.38. The molecule has 2 rings (SSSR count). The molecule has 0 radical (unpaired) electrons. The summed E-state index contributed by atoms with van der Waals surface area (Å²) in [6, 6.07) is 9.30. The fraction of sp³-hybridized carbons (Fsp3) is 0.312. The molecule has 1 aromatic carbocycles. The van der Waals surface area contributed by atoms with Crippen LogP contribution in [-0.4, -0.2) is 24.2 Å². The zero-order valence-corrected chi connectivity index (χ0v) is 13.0. The first-order valence-corrected chi connectivity index (χ1v) is 7.77. The molecule has 0 spiro atoms. The summed E-state index contributed by atoms with van der Waals surface area (Å²) in [5.41, 5.74) is -1.08. The third kappa shape index (κ3) is 4.82. The van der Waals surface area contributed by atoms with E-state index in [2.05, 4.69) is 5.32 Å². The van der Waals surface area contributed by atoms with Gasteiger partial charge in [-0.25, -0.2) is 4.39 Å². The standard InChI is InChI=1S/C16H18FNO3S/c1-16(20,14-3-2-10-22-14)11-18-15(19)8-9-21-13-6-4-12(17)5-7-13/h2-7,10,20H,8-9,11H2,1H3,(H,18,19). The van der Waals surface area contributed by atoms with Crippen LogP contribution < -0.4 is 10.1 Å². The first kappa shape index (κ1) is 16.5. The molecule has 0 saturated carbocycles. The Hall–Kier alpha value is -1.92. The van der Waals surface area contributed by atoms with E-state index in [4.69, 9.17) is 4.74 Å². The Morgan fingerprint density at radius 2 is 2.09 bits per heavy atom. The molecule has 1 unspecified atom stereocenters. The molecule has 6 heteroatoms. The van der Waals surface area contributed by atoms with Gasteiger partial charge in [0.2, 0.25) is 5.91 Å². The van der Waals surface area contributed by atoms with Crippen LogP contribution in [0.15, 0.2) is 41.8 Å². The van der Waals surface area contributed by atoms with Gasteiger partial charge >= 0.3 is 0 Å². The van der Waals surface area contributed by atoms with Crippen molar-refractivity contribution in [2.24, 2.45) is 0 Å². The fourth-order valence-corrected chi connectivity index (χ4v) is 2.61. The van der Waals surface area contributed by atoms with Gasteiger partial charge in [-0.2, -0.15) is 0 Å². The molecule has 2 N–H and O–H groups in total. The van der Waals surface area contributed by atoms with E-state index in [-0.39, 0.29) is 31.3 Å². The molecule has 0 bridgehead atoms. The topological polar surface area (TPSA) is 58.6 Å². The van der Waals surface area contributed by atoms with E-state index in [1.165, 1.54) is 35.6 Å². The molecule has 1 amide bonds. The highest BCUT2D eigenvalue weighted by molar-refractivity contribution is 7.10. The lowest BCUT2D eigenvalue weighted by Gasteiger charge is -2.22. The van der Waals surface area contributed by atoms with Gasteiger partial charge in [0.15, 0.2) is 0 Å². The maximum atomic E-state index is 12.7. The van der Waals surface area contributed by atoms with Crippen molar-refractivity contribution in [3.8, 4) is 5.75 Å². The van der Waals surface area contributed by atoms with Gasteiger partial charge in [-0.3, -0.25) is 4.79 Å². The molecule has 22 heavy (non-hydrogen) atoms. The summed E-state index contributed by atoms with van der Waals surface area (Å²) in [4.78, 5) is 12.5. The average molecular weight is 323 g/mol. The lowest BCUT2D eigenvalue weighted by molar-refractivity contribution is -0.122. The summed E-state index contributed by atoms with van der Waals surface area (Å²) in [5.74, 6) is -0.0281. The van der Waals surface area contributed by atoms with Crippen molar-refractivity contribution in [3.05, 3.63) is 52.5 Å². The number of rotatable bonds is 7. The Kier molecular flexibility index (Phi) is 5.51. The van der Waals surface area contributed by atoms with E-state index in [0.717, 1.165) is 4.88 Å². The maximum absolute atomic E-state index is 12.7. The number of benzene rings is 1. The predicted molar refractivity (Wildman–Crippen MR) is 83.4 cm³/mol. The Morgan fingerprint density at radius 3 is 2.73 bits per heavy atom. The Labute approximate surface area is 132 Å². The predicted octanol–water partition coefficient (Wildman–Crippen LogP) is 2.68. The number of aliphatic hydroxyl groups is 1. The van der Waals surface area contributed by atoms with Crippen LogP contribution in [0.5, 0.6) is 5.75 Å². The number of amides is 1. The number of hydrogen-bond donors (Lipinski definition) is 2. The first-order valence-electron chi connectivity index (χ1n) is 6.89. The minimum atomic E-state index is -1.08. The number of hydrogen-bond acceptors (Lipinski definition) is 4. The summed E-state index contributed by atoms with van der Waals surface area (Å²) in [6.07, 6.45) is 0.165. The third-order valence-electron chi connectivity index (χ3n) is 3.09. The molecule has 2 aromatic rings. The Balaban J connectivity index is 1.71. The highest BCUT2D eigenvalue weighted by Crippen LogP contribution is 2.24. The number of nitrogens with one attached hydrogen (secondary N) is 1. The average Bonchev–Trinajstić information content (AvgIpc) is 3.02. The van der Waals surface area contributed by atoms with Gasteiger partial charge in [0.05, 0.1) is 19.6 Å². The normalized spacial score (nSPS) is 13.4. The van der Waals surface area contributed by atoms with Crippen LogP contribution in [-0.2, 0) is 10.4 Å². The third-order valence-corrected chi connectivity index (χ3v) is 4.22. The van der Waals surface area contributed by atoms with Crippen molar-refractivity contribution in [2.75, 3.05) is 13.2 Å². The largest absolute Gasteiger partial charge is 0.493 e. The van der Waals surface area contributed by atoms with Crippen LogP contribution in [0.25, 0.3) is 0 Å². The second-order valence-corrected chi connectivity index (χ2v) is 6.03. The highest BCUT2D eigenvalue weighted by atomic mass is 32.1. The summed E-state index contributed by atoms with van der Waals surface area (Å²) in [6.45, 7) is 2.00. The van der Waals surface area contributed by atoms with Crippen molar-refractivity contribution in [3.63, 3.8) is 0 Å². The number of carbonyl (C=O) groups is 1. The molecule has 0 aliphatic heterocycles. The molecule has 0 saturated heterocycles. The summed E-state index contributed by atoms with van der Waals surface area (Å²) < 4.78 is 18.1. The lowest BCUT2D eigenvalue weighted by atomic mass is 10.1. The number of halogens is 1.